The zero-order chi connectivity index (χ0) is 28.8. The minimum Gasteiger partial charge on any atom is -0.355 e. The van der Waals surface area contributed by atoms with Crippen molar-refractivity contribution in [3.05, 3.63) is 107 Å². The summed E-state index contributed by atoms with van der Waals surface area (Å²) >= 11 is 0. The number of halogens is 2. The highest BCUT2D eigenvalue weighted by molar-refractivity contribution is 6.08. The molecule has 2 fully saturated rings. The molecular formula is C34H31F2N5O. The molecule has 0 atom stereocenters. The Morgan fingerprint density at radius 1 is 1.00 bits per heavy atom. The molecule has 0 spiro atoms. The van der Waals surface area contributed by atoms with Crippen LogP contribution in [0.1, 0.15) is 59.8 Å². The summed E-state index contributed by atoms with van der Waals surface area (Å²) in [6.45, 7) is 1.78. The first-order chi connectivity index (χ1) is 20.4. The van der Waals surface area contributed by atoms with Crippen molar-refractivity contribution in [2.75, 3.05) is 18.4 Å². The van der Waals surface area contributed by atoms with Crippen molar-refractivity contribution in [3.8, 4) is 0 Å². The van der Waals surface area contributed by atoms with E-state index in [-0.39, 0.29) is 29.4 Å². The van der Waals surface area contributed by atoms with E-state index in [1.54, 1.807) is 18.2 Å². The molecule has 3 aromatic carbocycles. The minimum absolute atomic E-state index is 0.0515. The van der Waals surface area contributed by atoms with Gasteiger partial charge in [0.1, 0.15) is 17.5 Å². The van der Waals surface area contributed by atoms with Crippen LogP contribution in [0.15, 0.2) is 83.9 Å². The van der Waals surface area contributed by atoms with Crippen LogP contribution in [0, 0.1) is 17.1 Å². The van der Waals surface area contributed by atoms with Crippen LogP contribution in [-0.4, -0.2) is 39.2 Å². The Hall–Kier alpha value is -4.55. The SMILES string of the molecule is N=C(c1cc(C(=O)N2CCC(c3nc4ccccc4n3CC3=C=C(F)C3)CC2)ccc1Nc1cccc(F)c1)C1CC1. The van der Waals surface area contributed by atoms with Crippen molar-refractivity contribution in [1.29, 1.82) is 5.41 Å². The average molecular weight is 564 g/mol. The number of rotatable bonds is 8. The van der Waals surface area contributed by atoms with Crippen LogP contribution in [0.5, 0.6) is 0 Å². The van der Waals surface area contributed by atoms with Crippen molar-refractivity contribution in [2.24, 2.45) is 5.92 Å². The van der Waals surface area contributed by atoms with Crippen LogP contribution in [0.4, 0.5) is 20.2 Å². The molecule has 3 aliphatic rings. The number of allylic oxidation sites excluding steroid dienone is 1. The largest absolute Gasteiger partial charge is 0.355 e. The third kappa shape index (κ3) is 5.14. The lowest BCUT2D eigenvalue weighted by Crippen LogP contribution is -2.38. The highest BCUT2D eigenvalue weighted by atomic mass is 19.1. The fourth-order valence-corrected chi connectivity index (χ4v) is 6.07. The average Bonchev–Trinajstić information content (AvgIpc) is 3.78. The molecule has 8 heteroatoms. The summed E-state index contributed by atoms with van der Waals surface area (Å²) in [5, 5.41) is 12.0. The molecular weight excluding hydrogens is 532 g/mol. The number of hydrogen-bond acceptors (Lipinski definition) is 4. The lowest BCUT2D eigenvalue weighted by molar-refractivity contribution is 0.0710. The van der Waals surface area contributed by atoms with E-state index in [1.165, 1.54) is 12.1 Å². The lowest BCUT2D eigenvalue weighted by atomic mass is 9.94. The lowest BCUT2D eigenvalue weighted by Gasteiger charge is -2.32. The second kappa shape index (κ2) is 10.7. The van der Waals surface area contributed by atoms with Gasteiger partial charge < -0.3 is 20.2 Å². The molecule has 4 aromatic rings. The number of para-hydroxylation sites is 2. The quantitative estimate of drug-likeness (QED) is 0.172. The van der Waals surface area contributed by atoms with Gasteiger partial charge in [-0.25, -0.2) is 13.8 Å². The maximum atomic E-state index is 13.8. The highest BCUT2D eigenvalue weighted by Crippen LogP contribution is 2.37. The second-order valence-electron chi connectivity index (χ2n) is 11.5. The summed E-state index contributed by atoms with van der Waals surface area (Å²) < 4.78 is 29.3. The number of amides is 1. The fraction of sp³-hybridized carbons (Fsp3) is 0.294. The molecule has 1 aromatic heterocycles. The zero-order valence-electron chi connectivity index (χ0n) is 23.2. The number of likely N-dealkylation sites (tertiary alicyclic amines) is 1. The number of fused-ring (bicyclic) bond motifs is 1. The van der Waals surface area contributed by atoms with E-state index in [0.717, 1.165) is 48.1 Å². The Bertz CT molecular complexity index is 1790. The molecule has 2 N–H and O–H groups in total. The number of carbonyl (C=O) groups is 1. The maximum Gasteiger partial charge on any atom is 0.253 e. The van der Waals surface area contributed by atoms with Gasteiger partial charge in [0, 0.05) is 65.1 Å². The van der Waals surface area contributed by atoms with Gasteiger partial charge >= 0.3 is 0 Å². The molecule has 0 radical (unpaired) electrons. The molecule has 1 saturated heterocycles. The van der Waals surface area contributed by atoms with E-state index in [2.05, 4.69) is 15.6 Å². The molecule has 212 valence electrons. The summed E-state index contributed by atoms with van der Waals surface area (Å²) in [6, 6.07) is 19.7. The third-order valence-corrected chi connectivity index (χ3v) is 8.51. The molecule has 1 aliphatic heterocycles. The van der Waals surface area contributed by atoms with Gasteiger partial charge in [0.25, 0.3) is 5.91 Å². The number of hydrogen-bond donors (Lipinski definition) is 2. The van der Waals surface area contributed by atoms with Crippen LogP contribution >= 0.6 is 0 Å². The highest BCUT2D eigenvalue weighted by Gasteiger charge is 2.31. The molecule has 2 aliphatic carbocycles. The van der Waals surface area contributed by atoms with Gasteiger partial charge in [0.15, 0.2) is 0 Å². The van der Waals surface area contributed by atoms with E-state index < -0.39 is 0 Å². The van der Waals surface area contributed by atoms with Crippen LogP contribution in [-0.2, 0) is 6.54 Å². The fourth-order valence-electron chi connectivity index (χ4n) is 6.07. The molecule has 1 saturated carbocycles. The van der Waals surface area contributed by atoms with Crippen LogP contribution in [0.3, 0.4) is 0 Å². The first-order valence-corrected chi connectivity index (χ1v) is 14.6. The topological polar surface area (TPSA) is 74.0 Å². The number of piperidine rings is 1. The zero-order valence-corrected chi connectivity index (χ0v) is 23.2. The van der Waals surface area contributed by atoms with Crippen LogP contribution < -0.4 is 5.32 Å². The molecule has 0 bridgehead atoms. The monoisotopic (exact) mass is 563 g/mol. The number of benzene rings is 3. The van der Waals surface area contributed by atoms with Gasteiger partial charge in [-0.15, -0.1) is 0 Å². The summed E-state index contributed by atoms with van der Waals surface area (Å²) in [6.07, 6.45) is 3.84. The number of aromatic nitrogens is 2. The molecule has 1 amide bonds. The number of nitrogens with one attached hydrogen (secondary N) is 2. The first-order valence-electron chi connectivity index (χ1n) is 14.6. The number of carbonyl (C=O) groups excluding carboxylic acids is 1. The van der Waals surface area contributed by atoms with E-state index >= 15 is 0 Å². The van der Waals surface area contributed by atoms with E-state index in [0.29, 0.717) is 54.3 Å². The van der Waals surface area contributed by atoms with E-state index in [1.807, 2.05) is 41.3 Å². The number of anilines is 2. The minimum atomic E-state index is -0.338. The van der Waals surface area contributed by atoms with Crippen LogP contribution in [0.2, 0.25) is 0 Å². The Kier molecular flexibility index (Phi) is 6.71. The van der Waals surface area contributed by atoms with Crippen molar-refractivity contribution in [1.82, 2.24) is 14.5 Å². The smallest absolute Gasteiger partial charge is 0.253 e. The Labute approximate surface area is 242 Å². The van der Waals surface area contributed by atoms with Crippen molar-refractivity contribution in [2.45, 2.75) is 44.6 Å². The Morgan fingerprint density at radius 3 is 2.52 bits per heavy atom. The van der Waals surface area contributed by atoms with Gasteiger partial charge in [-0.05, 0) is 74.2 Å². The number of nitrogens with zero attached hydrogens (tertiary/aromatic N) is 3. The standard InChI is InChI=1S/C34H31F2N5O/c35-25-4-3-5-27(19-25)38-29-11-10-24(18-28(29)32(37)22-8-9-22)34(42)40-14-12-23(13-15-40)33-39-30-6-1-2-7-31(30)41(33)20-21-16-26(36)17-21/h1-7,10-11,18-19,22-23,37-38H,8-9,12-16,20H2. The van der Waals surface area contributed by atoms with Gasteiger partial charge in [0.05, 0.1) is 17.6 Å². The Morgan fingerprint density at radius 2 is 1.79 bits per heavy atom. The van der Waals surface area contributed by atoms with E-state index in [4.69, 9.17) is 10.4 Å². The van der Waals surface area contributed by atoms with Crippen LogP contribution in [0.25, 0.3) is 11.0 Å². The Balaban J connectivity index is 1.10. The van der Waals surface area contributed by atoms with Gasteiger partial charge in [-0.1, -0.05) is 23.9 Å². The second-order valence-corrected chi connectivity index (χ2v) is 11.5. The van der Waals surface area contributed by atoms with Gasteiger partial charge in [0.2, 0.25) is 0 Å². The summed E-state index contributed by atoms with van der Waals surface area (Å²) in [5.74, 6) is 0.780. The summed E-state index contributed by atoms with van der Waals surface area (Å²) in [7, 11) is 0. The first kappa shape index (κ1) is 26.4. The normalized spacial score (nSPS) is 17.0. The predicted molar refractivity (Wildman–Crippen MR) is 160 cm³/mol. The summed E-state index contributed by atoms with van der Waals surface area (Å²) in [5.41, 5.74) is 8.73. The third-order valence-electron chi connectivity index (χ3n) is 8.51. The number of imidazole rings is 1. The molecule has 7 rings (SSSR count). The summed E-state index contributed by atoms with van der Waals surface area (Å²) in [4.78, 5) is 20.5. The van der Waals surface area contributed by atoms with Crippen molar-refractivity contribution in [3.63, 3.8) is 0 Å². The van der Waals surface area contributed by atoms with Crippen molar-refractivity contribution < 1.29 is 13.6 Å². The predicted octanol–water partition coefficient (Wildman–Crippen LogP) is 7.50. The molecule has 2 heterocycles. The molecule has 0 unspecified atom stereocenters. The van der Waals surface area contributed by atoms with E-state index in [9.17, 15) is 13.6 Å². The molecule has 42 heavy (non-hydrogen) atoms. The molecule has 6 nitrogen and oxygen atoms in total. The van der Waals surface area contributed by atoms with Gasteiger partial charge in [-0.2, -0.15) is 0 Å². The maximum absolute atomic E-state index is 13.8. The van der Waals surface area contributed by atoms with Crippen molar-refractivity contribution >= 4 is 34.0 Å². The van der Waals surface area contributed by atoms with Gasteiger partial charge in [-0.3, -0.25) is 4.79 Å².